The molecule has 0 spiro atoms. The van der Waals surface area contributed by atoms with E-state index in [2.05, 4.69) is 4.98 Å². The molecule has 0 aliphatic heterocycles. The zero-order chi connectivity index (χ0) is 10.5. The van der Waals surface area contributed by atoms with Gasteiger partial charge in [-0.25, -0.2) is 0 Å². The Balaban J connectivity index is 1.76. The molecule has 0 saturated heterocycles. The van der Waals surface area contributed by atoms with Gasteiger partial charge >= 0.3 is 0 Å². The second-order valence-electron chi connectivity index (χ2n) is 3.44. The van der Waals surface area contributed by atoms with E-state index in [0.29, 0.717) is 6.42 Å². The Kier molecular flexibility index (Phi) is 3.53. The fraction of sp³-hybridized carbons (Fsp3) is 0.364. The third-order valence-corrected chi connectivity index (χ3v) is 3.03. The van der Waals surface area contributed by atoms with Crippen LogP contribution in [0.15, 0.2) is 34.5 Å². The summed E-state index contributed by atoms with van der Waals surface area (Å²) in [6.07, 6.45) is 5.35. The topological polar surface area (TPSA) is 46.3 Å². The lowest BCUT2D eigenvalue weighted by Crippen LogP contribution is -2.10. The molecule has 0 amide bonds. The summed E-state index contributed by atoms with van der Waals surface area (Å²) in [4.78, 5) is 5.10. The lowest BCUT2D eigenvalue weighted by Gasteiger charge is -2.07. The SMILES string of the molecule is OC(CCc1ccco1)Cc1cncs1. The van der Waals surface area contributed by atoms with Gasteiger partial charge in [-0.2, -0.15) is 0 Å². The van der Waals surface area contributed by atoms with Crippen molar-refractivity contribution in [1.29, 1.82) is 0 Å². The summed E-state index contributed by atoms with van der Waals surface area (Å²) in [5.41, 5.74) is 1.79. The van der Waals surface area contributed by atoms with E-state index in [9.17, 15) is 5.11 Å². The smallest absolute Gasteiger partial charge is 0.103 e. The summed E-state index contributed by atoms with van der Waals surface area (Å²) >= 11 is 1.58. The molecule has 0 aromatic carbocycles. The first-order valence-electron chi connectivity index (χ1n) is 4.92. The highest BCUT2D eigenvalue weighted by Gasteiger charge is 2.07. The van der Waals surface area contributed by atoms with Crippen molar-refractivity contribution in [3.63, 3.8) is 0 Å². The van der Waals surface area contributed by atoms with Gasteiger partial charge in [0.2, 0.25) is 0 Å². The highest BCUT2D eigenvalue weighted by Crippen LogP contribution is 2.12. The first-order chi connectivity index (χ1) is 7.34. The van der Waals surface area contributed by atoms with Gasteiger partial charge in [-0.05, 0) is 18.6 Å². The minimum absolute atomic E-state index is 0.310. The summed E-state index contributed by atoms with van der Waals surface area (Å²) in [6, 6.07) is 3.80. The molecule has 0 saturated carbocycles. The van der Waals surface area contributed by atoms with Gasteiger partial charge in [-0.1, -0.05) is 0 Å². The van der Waals surface area contributed by atoms with Gasteiger partial charge < -0.3 is 9.52 Å². The number of aryl methyl sites for hydroxylation is 1. The van der Waals surface area contributed by atoms with E-state index in [-0.39, 0.29) is 6.10 Å². The van der Waals surface area contributed by atoms with Crippen molar-refractivity contribution in [1.82, 2.24) is 4.98 Å². The monoisotopic (exact) mass is 223 g/mol. The largest absolute Gasteiger partial charge is 0.469 e. The highest BCUT2D eigenvalue weighted by molar-refractivity contribution is 7.09. The fourth-order valence-corrected chi connectivity index (χ4v) is 2.11. The number of hydrogen-bond donors (Lipinski definition) is 1. The van der Waals surface area contributed by atoms with Crippen molar-refractivity contribution in [3.05, 3.63) is 40.7 Å². The average Bonchev–Trinajstić information content (AvgIpc) is 2.86. The molecule has 0 bridgehead atoms. The number of rotatable bonds is 5. The van der Waals surface area contributed by atoms with Crippen molar-refractivity contribution in [2.75, 3.05) is 0 Å². The van der Waals surface area contributed by atoms with Crippen LogP contribution in [0.4, 0.5) is 0 Å². The van der Waals surface area contributed by atoms with Gasteiger partial charge in [-0.15, -0.1) is 11.3 Å². The molecule has 80 valence electrons. The van der Waals surface area contributed by atoms with E-state index in [1.54, 1.807) is 29.3 Å². The Morgan fingerprint density at radius 2 is 2.47 bits per heavy atom. The Hall–Kier alpha value is -1.13. The maximum absolute atomic E-state index is 9.76. The molecule has 15 heavy (non-hydrogen) atoms. The zero-order valence-corrected chi connectivity index (χ0v) is 9.11. The molecule has 2 aromatic rings. The van der Waals surface area contributed by atoms with Crippen LogP contribution in [0.5, 0.6) is 0 Å². The summed E-state index contributed by atoms with van der Waals surface area (Å²) in [5, 5.41) is 9.76. The van der Waals surface area contributed by atoms with Crippen molar-refractivity contribution >= 4 is 11.3 Å². The van der Waals surface area contributed by atoms with Crippen LogP contribution in [-0.2, 0) is 12.8 Å². The molecule has 1 unspecified atom stereocenters. The number of thiazole rings is 1. The molecule has 3 nitrogen and oxygen atoms in total. The van der Waals surface area contributed by atoms with Crippen molar-refractivity contribution in [3.8, 4) is 0 Å². The predicted molar refractivity (Wildman–Crippen MR) is 58.9 cm³/mol. The third-order valence-electron chi connectivity index (χ3n) is 2.22. The Bertz CT molecular complexity index is 369. The van der Waals surface area contributed by atoms with Gasteiger partial charge in [0.15, 0.2) is 0 Å². The van der Waals surface area contributed by atoms with Crippen LogP contribution in [0.25, 0.3) is 0 Å². The summed E-state index contributed by atoms with van der Waals surface area (Å²) < 4.78 is 5.20. The van der Waals surface area contributed by atoms with Crippen LogP contribution in [0.1, 0.15) is 17.1 Å². The lowest BCUT2D eigenvalue weighted by atomic mass is 10.1. The van der Waals surface area contributed by atoms with Crippen molar-refractivity contribution < 1.29 is 9.52 Å². The molecule has 2 rings (SSSR count). The third kappa shape index (κ3) is 3.18. The van der Waals surface area contributed by atoms with Crippen LogP contribution in [0.2, 0.25) is 0 Å². The fourth-order valence-electron chi connectivity index (χ4n) is 1.44. The molecule has 0 aliphatic carbocycles. The zero-order valence-electron chi connectivity index (χ0n) is 8.30. The quantitative estimate of drug-likeness (QED) is 0.845. The second-order valence-corrected chi connectivity index (χ2v) is 4.41. The molecule has 1 N–H and O–H groups in total. The van der Waals surface area contributed by atoms with Gasteiger partial charge in [0.05, 0.1) is 17.9 Å². The van der Waals surface area contributed by atoms with Crippen molar-refractivity contribution in [2.24, 2.45) is 0 Å². The summed E-state index contributed by atoms with van der Waals surface area (Å²) in [7, 11) is 0. The molecule has 0 radical (unpaired) electrons. The van der Waals surface area contributed by atoms with Crippen LogP contribution in [0.3, 0.4) is 0 Å². The number of hydrogen-bond acceptors (Lipinski definition) is 4. The molecular formula is C11H13NO2S. The van der Waals surface area contributed by atoms with Crippen LogP contribution in [-0.4, -0.2) is 16.2 Å². The number of nitrogens with zero attached hydrogens (tertiary/aromatic N) is 1. The summed E-state index contributed by atoms with van der Waals surface area (Å²) in [6.45, 7) is 0. The maximum atomic E-state index is 9.76. The molecular weight excluding hydrogens is 210 g/mol. The Morgan fingerprint density at radius 3 is 3.13 bits per heavy atom. The van der Waals surface area contributed by atoms with Gasteiger partial charge in [0.25, 0.3) is 0 Å². The van der Waals surface area contributed by atoms with Crippen molar-refractivity contribution in [2.45, 2.75) is 25.4 Å². The molecule has 2 aromatic heterocycles. The standard InChI is InChI=1S/C11H13NO2S/c13-9(6-11-7-12-8-15-11)3-4-10-2-1-5-14-10/h1-2,5,7-9,13H,3-4,6H2. The maximum Gasteiger partial charge on any atom is 0.103 e. The summed E-state index contributed by atoms with van der Waals surface area (Å²) in [5.74, 6) is 0.929. The molecule has 4 heteroatoms. The number of furan rings is 1. The number of aliphatic hydroxyl groups excluding tert-OH is 1. The minimum Gasteiger partial charge on any atom is -0.469 e. The molecule has 1 atom stereocenters. The van der Waals surface area contributed by atoms with Crippen LogP contribution < -0.4 is 0 Å². The first kappa shape index (κ1) is 10.4. The average molecular weight is 223 g/mol. The lowest BCUT2D eigenvalue weighted by molar-refractivity contribution is 0.163. The van der Waals surface area contributed by atoms with Gasteiger partial charge in [0, 0.05) is 23.9 Å². The number of aliphatic hydroxyl groups is 1. The Labute approximate surface area is 92.4 Å². The highest BCUT2D eigenvalue weighted by atomic mass is 32.1. The predicted octanol–water partition coefficient (Wildman–Crippen LogP) is 2.27. The second kappa shape index (κ2) is 5.09. The normalized spacial score (nSPS) is 12.9. The van der Waals surface area contributed by atoms with E-state index >= 15 is 0 Å². The van der Waals surface area contributed by atoms with Gasteiger partial charge in [0.1, 0.15) is 5.76 Å². The minimum atomic E-state index is -0.310. The van der Waals surface area contributed by atoms with Crippen LogP contribution in [0, 0.1) is 0 Å². The van der Waals surface area contributed by atoms with E-state index < -0.39 is 0 Å². The van der Waals surface area contributed by atoms with E-state index in [4.69, 9.17) is 4.42 Å². The molecule has 2 heterocycles. The van der Waals surface area contributed by atoms with E-state index in [1.807, 2.05) is 12.1 Å². The van der Waals surface area contributed by atoms with E-state index in [1.165, 1.54) is 0 Å². The van der Waals surface area contributed by atoms with E-state index in [0.717, 1.165) is 23.5 Å². The van der Waals surface area contributed by atoms with Gasteiger partial charge in [-0.3, -0.25) is 4.98 Å². The molecule has 0 aliphatic rings. The number of aromatic nitrogens is 1. The Morgan fingerprint density at radius 1 is 1.53 bits per heavy atom. The van der Waals surface area contributed by atoms with Crippen LogP contribution >= 0.6 is 11.3 Å². The molecule has 0 fully saturated rings. The first-order valence-corrected chi connectivity index (χ1v) is 5.80.